The van der Waals surface area contributed by atoms with Gasteiger partial charge in [0.05, 0.1) is 16.1 Å². The summed E-state index contributed by atoms with van der Waals surface area (Å²) < 4.78 is 12.2. The maximum absolute atomic E-state index is 12.2. The summed E-state index contributed by atoms with van der Waals surface area (Å²) in [6, 6.07) is -0.770. The van der Waals surface area contributed by atoms with Crippen molar-refractivity contribution in [2.45, 2.75) is 6.04 Å². The quantitative estimate of drug-likeness (QED) is 0.811. The number of aromatic nitrogens is 1. The van der Waals surface area contributed by atoms with E-state index in [1.54, 1.807) is 0 Å². The van der Waals surface area contributed by atoms with Crippen molar-refractivity contribution in [3.8, 4) is 0 Å². The molecular formula is C7H7Cl2FN2. The zero-order chi connectivity index (χ0) is 9.14. The van der Waals surface area contributed by atoms with Crippen LogP contribution >= 0.6 is 23.2 Å². The van der Waals surface area contributed by atoms with E-state index in [0.29, 0.717) is 15.6 Å². The van der Waals surface area contributed by atoms with Crippen LogP contribution in [-0.2, 0) is 0 Å². The smallest absolute Gasteiger partial charge is 0.109 e. The Morgan fingerprint density at radius 3 is 2.33 bits per heavy atom. The van der Waals surface area contributed by atoms with Gasteiger partial charge >= 0.3 is 0 Å². The van der Waals surface area contributed by atoms with E-state index in [2.05, 4.69) is 4.98 Å². The van der Waals surface area contributed by atoms with Crippen LogP contribution in [0.3, 0.4) is 0 Å². The Labute approximate surface area is 79.5 Å². The highest BCUT2D eigenvalue weighted by Crippen LogP contribution is 2.27. The second-order valence-electron chi connectivity index (χ2n) is 2.28. The number of pyridine rings is 1. The van der Waals surface area contributed by atoms with Crippen molar-refractivity contribution in [3.05, 3.63) is 28.0 Å². The van der Waals surface area contributed by atoms with Crippen molar-refractivity contribution in [2.75, 3.05) is 6.67 Å². The van der Waals surface area contributed by atoms with Gasteiger partial charge in [-0.3, -0.25) is 4.98 Å². The summed E-state index contributed by atoms with van der Waals surface area (Å²) in [7, 11) is 0. The lowest BCUT2D eigenvalue weighted by atomic mass is 10.1. The predicted molar refractivity (Wildman–Crippen MR) is 47.2 cm³/mol. The number of nitrogens with zero attached hydrogens (tertiary/aromatic N) is 1. The Kier molecular flexibility index (Phi) is 3.26. The van der Waals surface area contributed by atoms with E-state index in [0.717, 1.165) is 0 Å². The average Bonchev–Trinajstić information content (AvgIpc) is 2.03. The SMILES string of the molecule is N[C@H](CF)c1c(Cl)cncc1Cl. The number of hydrogen-bond donors (Lipinski definition) is 1. The van der Waals surface area contributed by atoms with Crippen LogP contribution < -0.4 is 5.73 Å². The van der Waals surface area contributed by atoms with Gasteiger partial charge in [0.25, 0.3) is 0 Å². The molecule has 0 aliphatic rings. The first-order valence-corrected chi connectivity index (χ1v) is 4.03. The minimum Gasteiger partial charge on any atom is -0.322 e. The molecule has 66 valence electrons. The fraction of sp³-hybridized carbons (Fsp3) is 0.286. The monoisotopic (exact) mass is 208 g/mol. The molecule has 0 aliphatic carbocycles. The Morgan fingerprint density at radius 1 is 1.42 bits per heavy atom. The van der Waals surface area contributed by atoms with Gasteiger partial charge in [-0.15, -0.1) is 0 Å². The summed E-state index contributed by atoms with van der Waals surface area (Å²) in [5.74, 6) is 0. The molecule has 2 nitrogen and oxygen atoms in total. The van der Waals surface area contributed by atoms with E-state index >= 15 is 0 Å². The number of halogens is 3. The maximum atomic E-state index is 12.2. The third-order valence-corrected chi connectivity index (χ3v) is 2.03. The number of alkyl halides is 1. The van der Waals surface area contributed by atoms with Crippen molar-refractivity contribution in [2.24, 2.45) is 5.73 Å². The molecular weight excluding hydrogens is 202 g/mol. The van der Waals surface area contributed by atoms with Gasteiger partial charge in [-0.25, -0.2) is 4.39 Å². The topological polar surface area (TPSA) is 38.9 Å². The van der Waals surface area contributed by atoms with Gasteiger partial charge in [-0.05, 0) is 0 Å². The highest BCUT2D eigenvalue weighted by molar-refractivity contribution is 6.35. The lowest BCUT2D eigenvalue weighted by Gasteiger charge is -2.10. The van der Waals surface area contributed by atoms with Crippen molar-refractivity contribution in [3.63, 3.8) is 0 Å². The van der Waals surface area contributed by atoms with E-state index in [4.69, 9.17) is 28.9 Å². The zero-order valence-electron chi connectivity index (χ0n) is 6.10. The van der Waals surface area contributed by atoms with E-state index in [-0.39, 0.29) is 0 Å². The molecule has 0 fully saturated rings. The normalized spacial score (nSPS) is 13.0. The van der Waals surface area contributed by atoms with Gasteiger partial charge in [0.2, 0.25) is 0 Å². The van der Waals surface area contributed by atoms with Crippen molar-refractivity contribution in [1.29, 1.82) is 0 Å². The van der Waals surface area contributed by atoms with Crippen LogP contribution in [0, 0.1) is 0 Å². The molecule has 0 aliphatic heterocycles. The second kappa shape index (κ2) is 4.03. The minimum atomic E-state index is -0.770. The highest BCUT2D eigenvalue weighted by atomic mass is 35.5. The van der Waals surface area contributed by atoms with Gasteiger partial charge in [0.1, 0.15) is 6.67 Å². The molecule has 1 rings (SSSR count). The number of nitrogens with two attached hydrogens (primary N) is 1. The molecule has 1 heterocycles. The van der Waals surface area contributed by atoms with Crippen molar-refractivity contribution >= 4 is 23.2 Å². The van der Waals surface area contributed by atoms with Gasteiger partial charge in [-0.1, -0.05) is 23.2 Å². The standard InChI is InChI=1S/C7H7Cl2FN2/c8-4-2-12-3-5(9)7(4)6(11)1-10/h2-3,6H,1,11H2/t6-/m1/s1. The van der Waals surface area contributed by atoms with Crippen LogP contribution in [-0.4, -0.2) is 11.7 Å². The van der Waals surface area contributed by atoms with Gasteiger partial charge in [-0.2, -0.15) is 0 Å². The van der Waals surface area contributed by atoms with E-state index in [9.17, 15) is 4.39 Å². The molecule has 0 unspecified atom stereocenters. The number of hydrogen-bond acceptors (Lipinski definition) is 2. The molecule has 0 aromatic carbocycles. The predicted octanol–water partition coefficient (Wildman–Crippen LogP) is 2.36. The largest absolute Gasteiger partial charge is 0.322 e. The summed E-state index contributed by atoms with van der Waals surface area (Å²) >= 11 is 11.4. The first-order chi connectivity index (χ1) is 5.66. The molecule has 5 heteroatoms. The summed E-state index contributed by atoms with van der Waals surface area (Å²) in [6.07, 6.45) is 2.77. The van der Waals surface area contributed by atoms with Crippen molar-refractivity contribution in [1.82, 2.24) is 4.98 Å². The molecule has 0 saturated carbocycles. The Hall–Kier alpha value is -0.380. The average molecular weight is 209 g/mol. The van der Waals surface area contributed by atoms with E-state index < -0.39 is 12.7 Å². The third-order valence-electron chi connectivity index (χ3n) is 1.43. The van der Waals surface area contributed by atoms with Crippen LogP contribution in [0.1, 0.15) is 11.6 Å². The molecule has 1 aromatic rings. The first-order valence-electron chi connectivity index (χ1n) is 3.27. The maximum Gasteiger partial charge on any atom is 0.109 e. The van der Waals surface area contributed by atoms with Gasteiger partial charge in [0.15, 0.2) is 0 Å². The summed E-state index contributed by atoms with van der Waals surface area (Å²) in [4.78, 5) is 3.72. The van der Waals surface area contributed by atoms with Crippen molar-refractivity contribution < 1.29 is 4.39 Å². The molecule has 1 atom stereocenters. The third kappa shape index (κ3) is 1.86. The van der Waals surface area contributed by atoms with E-state index in [1.165, 1.54) is 12.4 Å². The molecule has 0 saturated heterocycles. The fourth-order valence-electron chi connectivity index (χ4n) is 0.853. The molecule has 0 radical (unpaired) electrons. The Balaban J connectivity index is 3.12. The molecule has 0 spiro atoms. The molecule has 0 amide bonds. The van der Waals surface area contributed by atoms with Gasteiger partial charge < -0.3 is 5.73 Å². The summed E-state index contributed by atoms with van der Waals surface area (Å²) in [6.45, 7) is -0.691. The Bertz CT molecular complexity index is 260. The lowest BCUT2D eigenvalue weighted by molar-refractivity contribution is 0.437. The minimum absolute atomic E-state index is 0.299. The Morgan fingerprint density at radius 2 is 1.92 bits per heavy atom. The molecule has 0 bridgehead atoms. The lowest BCUT2D eigenvalue weighted by Crippen LogP contribution is -2.13. The van der Waals surface area contributed by atoms with Crippen LogP contribution in [0.15, 0.2) is 12.4 Å². The molecule has 2 N–H and O–H groups in total. The van der Waals surface area contributed by atoms with Crippen LogP contribution in [0.4, 0.5) is 4.39 Å². The molecule has 12 heavy (non-hydrogen) atoms. The van der Waals surface area contributed by atoms with Crippen LogP contribution in [0.25, 0.3) is 0 Å². The second-order valence-corrected chi connectivity index (χ2v) is 3.09. The number of rotatable bonds is 2. The van der Waals surface area contributed by atoms with Crippen LogP contribution in [0.5, 0.6) is 0 Å². The van der Waals surface area contributed by atoms with Gasteiger partial charge in [0, 0.05) is 18.0 Å². The molecule has 1 aromatic heterocycles. The fourth-order valence-corrected chi connectivity index (χ4v) is 1.50. The summed E-state index contributed by atoms with van der Waals surface area (Å²) in [5.41, 5.74) is 5.84. The zero-order valence-corrected chi connectivity index (χ0v) is 7.61. The highest BCUT2D eigenvalue weighted by Gasteiger charge is 2.13. The summed E-state index contributed by atoms with van der Waals surface area (Å²) in [5, 5.41) is 0.598. The van der Waals surface area contributed by atoms with E-state index in [1.807, 2.05) is 0 Å². The first kappa shape index (κ1) is 9.71. The van der Waals surface area contributed by atoms with Crippen LogP contribution in [0.2, 0.25) is 10.0 Å².